The van der Waals surface area contributed by atoms with Gasteiger partial charge in [-0.2, -0.15) is 0 Å². The zero-order chi connectivity index (χ0) is 15.2. The van der Waals surface area contributed by atoms with Crippen molar-refractivity contribution in [3.8, 4) is 0 Å². The number of hydrogen-bond acceptors (Lipinski definition) is 5. The molecule has 0 bridgehead atoms. The first-order valence-electron chi connectivity index (χ1n) is 7.10. The standard InChI is InChI=1S/C15H28O5/c1-13(2)5-6-17-7-8-18-9-10-19-11-12-20-15(16)14(3)4/h13H,3,5-12H2,1-2,4H3. The molecule has 0 rings (SSSR count). The van der Waals surface area contributed by atoms with Gasteiger partial charge in [0.15, 0.2) is 0 Å². The van der Waals surface area contributed by atoms with Crippen LogP contribution >= 0.6 is 0 Å². The van der Waals surface area contributed by atoms with Crippen molar-refractivity contribution in [2.75, 3.05) is 46.2 Å². The van der Waals surface area contributed by atoms with Crippen LogP contribution in [-0.4, -0.2) is 52.2 Å². The Hall–Kier alpha value is -0.910. The second kappa shape index (κ2) is 13.1. The lowest BCUT2D eigenvalue weighted by Crippen LogP contribution is -2.14. The highest BCUT2D eigenvalue weighted by molar-refractivity contribution is 5.86. The number of carbonyl (C=O) groups is 1. The van der Waals surface area contributed by atoms with Crippen LogP contribution in [0.5, 0.6) is 0 Å². The monoisotopic (exact) mass is 288 g/mol. The van der Waals surface area contributed by atoms with Crippen molar-refractivity contribution in [3.05, 3.63) is 12.2 Å². The predicted molar refractivity (Wildman–Crippen MR) is 77.7 cm³/mol. The molecule has 0 spiro atoms. The molecule has 5 nitrogen and oxygen atoms in total. The summed E-state index contributed by atoms with van der Waals surface area (Å²) in [5.41, 5.74) is 0.394. The van der Waals surface area contributed by atoms with Crippen molar-refractivity contribution < 1.29 is 23.7 Å². The molecule has 0 radical (unpaired) electrons. The van der Waals surface area contributed by atoms with E-state index in [0.29, 0.717) is 44.5 Å². The number of rotatable bonds is 13. The molecule has 0 unspecified atom stereocenters. The van der Waals surface area contributed by atoms with E-state index in [9.17, 15) is 4.79 Å². The number of hydrogen-bond donors (Lipinski definition) is 0. The molecule has 20 heavy (non-hydrogen) atoms. The molecule has 0 N–H and O–H groups in total. The summed E-state index contributed by atoms with van der Waals surface area (Å²) in [5, 5.41) is 0. The van der Waals surface area contributed by atoms with Crippen LogP contribution in [0, 0.1) is 5.92 Å². The molecule has 0 fully saturated rings. The molecule has 0 aliphatic carbocycles. The maximum atomic E-state index is 11.0. The van der Waals surface area contributed by atoms with Crippen LogP contribution < -0.4 is 0 Å². The Kier molecular flexibility index (Phi) is 12.5. The molecule has 118 valence electrons. The van der Waals surface area contributed by atoms with Crippen molar-refractivity contribution in [3.63, 3.8) is 0 Å². The van der Waals surface area contributed by atoms with Gasteiger partial charge in [0.05, 0.1) is 33.0 Å². The first-order chi connectivity index (χ1) is 9.54. The van der Waals surface area contributed by atoms with Crippen LogP contribution in [-0.2, 0) is 23.7 Å². The Morgan fingerprint density at radius 3 is 1.80 bits per heavy atom. The van der Waals surface area contributed by atoms with Gasteiger partial charge >= 0.3 is 5.97 Å². The van der Waals surface area contributed by atoms with E-state index in [1.807, 2.05) is 0 Å². The van der Waals surface area contributed by atoms with E-state index in [-0.39, 0.29) is 12.6 Å². The zero-order valence-electron chi connectivity index (χ0n) is 13.0. The van der Waals surface area contributed by atoms with Gasteiger partial charge in [-0.25, -0.2) is 4.79 Å². The third-order valence-corrected chi connectivity index (χ3v) is 2.39. The molecule has 0 atom stereocenters. The minimum Gasteiger partial charge on any atom is -0.460 e. The fourth-order valence-corrected chi connectivity index (χ4v) is 1.18. The summed E-state index contributed by atoms with van der Waals surface area (Å²) in [6, 6.07) is 0. The maximum absolute atomic E-state index is 11.0. The smallest absolute Gasteiger partial charge is 0.333 e. The first-order valence-corrected chi connectivity index (χ1v) is 7.10. The highest BCUT2D eigenvalue weighted by Gasteiger charge is 2.01. The van der Waals surface area contributed by atoms with E-state index in [2.05, 4.69) is 20.4 Å². The van der Waals surface area contributed by atoms with Gasteiger partial charge in [0.1, 0.15) is 6.61 Å². The van der Waals surface area contributed by atoms with Gasteiger partial charge < -0.3 is 18.9 Å². The molecule has 0 aromatic carbocycles. The van der Waals surface area contributed by atoms with Crippen LogP contribution in [0.3, 0.4) is 0 Å². The van der Waals surface area contributed by atoms with Crippen LogP contribution in [0.15, 0.2) is 12.2 Å². The lowest BCUT2D eigenvalue weighted by Gasteiger charge is -2.08. The van der Waals surface area contributed by atoms with E-state index in [1.54, 1.807) is 6.92 Å². The molecule has 0 saturated carbocycles. The normalized spacial score (nSPS) is 10.8. The molecule has 0 aliphatic heterocycles. The Morgan fingerprint density at radius 1 is 0.900 bits per heavy atom. The van der Waals surface area contributed by atoms with Crippen molar-refractivity contribution >= 4 is 5.97 Å². The van der Waals surface area contributed by atoms with Gasteiger partial charge in [0.2, 0.25) is 0 Å². The van der Waals surface area contributed by atoms with Gasteiger partial charge in [-0.15, -0.1) is 0 Å². The molecule has 0 aliphatic rings. The predicted octanol–water partition coefficient (Wildman–Crippen LogP) is 2.20. The summed E-state index contributed by atoms with van der Waals surface area (Å²) in [7, 11) is 0. The molecule has 5 heteroatoms. The number of carbonyl (C=O) groups excluding carboxylic acids is 1. The van der Waals surface area contributed by atoms with Gasteiger partial charge in [0, 0.05) is 12.2 Å². The van der Waals surface area contributed by atoms with Crippen LogP contribution in [0.2, 0.25) is 0 Å². The van der Waals surface area contributed by atoms with E-state index in [1.165, 1.54) is 0 Å². The Balaban J connectivity index is 3.10. The minimum absolute atomic E-state index is 0.240. The second-order valence-electron chi connectivity index (χ2n) is 4.94. The van der Waals surface area contributed by atoms with Gasteiger partial charge in [-0.1, -0.05) is 20.4 Å². The fraction of sp³-hybridized carbons (Fsp3) is 0.800. The van der Waals surface area contributed by atoms with Gasteiger partial charge in [-0.3, -0.25) is 0 Å². The van der Waals surface area contributed by atoms with Crippen molar-refractivity contribution in [2.24, 2.45) is 5.92 Å². The molecule has 0 saturated heterocycles. The van der Waals surface area contributed by atoms with Crippen LogP contribution in [0.25, 0.3) is 0 Å². The average Bonchev–Trinajstić information content (AvgIpc) is 2.39. The Morgan fingerprint density at radius 2 is 1.35 bits per heavy atom. The summed E-state index contributed by atoms with van der Waals surface area (Å²) in [4.78, 5) is 11.0. The molecule has 0 amide bonds. The van der Waals surface area contributed by atoms with E-state index in [0.717, 1.165) is 13.0 Å². The van der Waals surface area contributed by atoms with Crippen molar-refractivity contribution in [1.29, 1.82) is 0 Å². The zero-order valence-corrected chi connectivity index (χ0v) is 13.0. The lowest BCUT2D eigenvalue weighted by molar-refractivity contribution is -0.140. The Bertz CT molecular complexity index is 263. The second-order valence-corrected chi connectivity index (χ2v) is 4.94. The molecular weight excluding hydrogens is 260 g/mol. The van der Waals surface area contributed by atoms with E-state index in [4.69, 9.17) is 18.9 Å². The fourth-order valence-electron chi connectivity index (χ4n) is 1.18. The van der Waals surface area contributed by atoms with Crippen LogP contribution in [0.1, 0.15) is 27.2 Å². The van der Waals surface area contributed by atoms with Crippen LogP contribution in [0.4, 0.5) is 0 Å². The van der Waals surface area contributed by atoms with Crippen molar-refractivity contribution in [2.45, 2.75) is 27.2 Å². The summed E-state index contributed by atoms with van der Waals surface area (Å²) in [6.45, 7) is 13.0. The third-order valence-electron chi connectivity index (χ3n) is 2.39. The minimum atomic E-state index is -0.386. The van der Waals surface area contributed by atoms with Crippen molar-refractivity contribution in [1.82, 2.24) is 0 Å². The third kappa shape index (κ3) is 13.5. The SMILES string of the molecule is C=C(C)C(=O)OCCOCCOCCOCCC(C)C. The summed E-state index contributed by atoms with van der Waals surface area (Å²) in [6.07, 6.45) is 1.08. The largest absolute Gasteiger partial charge is 0.460 e. The van der Waals surface area contributed by atoms with E-state index < -0.39 is 0 Å². The lowest BCUT2D eigenvalue weighted by atomic mass is 10.1. The summed E-state index contributed by atoms with van der Waals surface area (Å²) in [5.74, 6) is 0.284. The molecule has 0 heterocycles. The Labute approximate surface area is 122 Å². The summed E-state index contributed by atoms with van der Waals surface area (Å²) >= 11 is 0. The number of ether oxygens (including phenoxy) is 4. The van der Waals surface area contributed by atoms with Gasteiger partial charge in [-0.05, 0) is 19.3 Å². The summed E-state index contributed by atoms with van der Waals surface area (Å²) < 4.78 is 20.9. The highest BCUT2D eigenvalue weighted by Crippen LogP contribution is 1.98. The first kappa shape index (κ1) is 19.1. The molecule has 0 aromatic heterocycles. The quantitative estimate of drug-likeness (QED) is 0.295. The highest BCUT2D eigenvalue weighted by atomic mass is 16.6. The molecular formula is C15H28O5. The van der Waals surface area contributed by atoms with Gasteiger partial charge in [0.25, 0.3) is 0 Å². The maximum Gasteiger partial charge on any atom is 0.333 e. The number of esters is 1. The topological polar surface area (TPSA) is 54.0 Å². The van der Waals surface area contributed by atoms with E-state index >= 15 is 0 Å². The average molecular weight is 288 g/mol. The molecule has 0 aromatic rings.